The van der Waals surface area contributed by atoms with E-state index in [0.29, 0.717) is 12.1 Å². The van der Waals surface area contributed by atoms with Crippen LogP contribution in [-0.2, 0) is 11.3 Å². The normalized spacial score (nSPS) is 9.90. The van der Waals surface area contributed by atoms with Gasteiger partial charge in [-0.15, -0.1) is 0 Å². The predicted octanol–water partition coefficient (Wildman–Crippen LogP) is 2.49. The van der Waals surface area contributed by atoms with Gasteiger partial charge < -0.3 is 14.8 Å². The fourth-order valence-electron chi connectivity index (χ4n) is 1.71. The molecule has 1 heterocycles. The van der Waals surface area contributed by atoms with Crippen molar-refractivity contribution in [2.75, 3.05) is 19.5 Å². The van der Waals surface area contributed by atoms with E-state index in [1.807, 2.05) is 24.3 Å². The van der Waals surface area contributed by atoms with Crippen molar-refractivity contribution in [3.8, 4) is 5.75 Å². The van der Waals surface area contributed by atoms with Crippen LogP contribution in [0, 0.1) is 0 Å². The summed E-state index contributed by atoms with van der Waals surface area (Å²) in [7, 11) is 2.98. The third-order valence-electron chi connectivity index (χ3n) is 2.82. The maximum absolute atomic E-state index is 11.4. The molecule has 0 amide bonds. The molecular formula is C15H16N2O3. The first-order valence-electron chi connectivity index (χ1n) is 6.13. The minimum atomic E-state index is -0.398. The Morgan fingerprint density at radius 1 is 1.20 bits per heavy atom. The van der Waals surface area contributed by atoms with Gasteiger partial charge >= 0.3 is 5.97 Å². The molecule has 0 aliphatic heterocycles. The molecule has 104 valence electrons. The number of hydrogen-bond donors (Lipinski definition) is 1. The van der Waals surface area contributed by atoms with Gasteiger partial charge in [-0.25, -0.2) is 4.79 Å². The number of methoxy groups -OCH3 is 2. The number of benzene rings is 1. The van der Waals surface area contributed by atoms with Crippen molar-refractivity contribution in [1.82, 2.24) is 4.98 Å². The number of carbonyl (C=O) groups excluding carboxylic acids is 1. The average molecular weight is 272 g/mol. The summed E-state index contributed by atoms with van der Waals surface area (Å²) in [6.45, 7) is 0.635. The smallest absolute Gasteiger partial charge is 0.339 e. The van der Waals surface area contributed by atoms with Crippen LogP contribution in [0.5, 0.6) is 5.75 Å². The van der Waals surface area contributed by atoms with Crippen molar-refractivity contribution in [3.05, 3.63) is 53.9 Å². The summed E-state index contributed by atoms with van der Waals surface area (Å²) in [5.74, 6) is 0.425. The van der Waals surface area contributed by atoms with E-state index < -0.39 is 5.97 Å². The Bertz CT molecular complexity index is 582. The number of carbonyl (C=O) groups is 1. The maximum Gasteiger partial charge on any atom is 0.339 e. The third kappa shape index (κ3) is 3.47. The van der Waals surface area contributed by atoms with Gasteiger partial charge in [-0.05, 0) is 23.8 Å². The van der Waals surface area contributed by atoms with E-state index in [9.17, 15) is 4.79 Å². The number of esters is 1. The van der Waals surface area contributed by atoms with Crippen molar-refractivity contribution < 1.29 is 14.3 Å². The minimum Gasteiger partial charge on any atom is -0.497 e. The Morgan fingerprint density at radius 2 is 1.95 bits per heavy atom. The Labute approximate surface area is 117 Å². The lowest BCUT2D eigenvalue weighted by Gasteiger charge is -2.08. The second kappa shape index (κ2) is 6.56. The molecule has 0 saturated heterocycles. The Morgan fingerprint density at radius 3 is 2.60 bits per heavy atom. The van der Waals surface area contributed by atoms with E-state index in [2.05, 4.69) is 15.0 Å². The van der Waals surface area contributed by atoms with E-state index in [0.717, 1.165) is 17.0 Å². The lowest BCUT2D eigenvalue weighted by molar-refractivity contribution is 0.0600. The van der Waals surface area contributed by atoms with Crippen molar-refractivity contribution >= 4 is 11.7 Å². The fraction of sp³-hybridized carbons (Fsp3) is 0.200. The van der Waals surface area contributed by atoms with Crippen molar-refractivity contribution in [3.63, 3.8) is 0 Å². The molecule has 2 aromatic rings. The zero-order valence-corrected chi connectivity index (χ0v) is 11.4. The lowest BCUT2D eigenvalue weighted by atomic mass is 10.2. The number of ether oxygens (including phenoxy) is 2. The molecule has 2 rings (SSSR count). The molecular weight excluding hydrogens is 256 g/mol. The molecule has 5 nitrogen and oxygen atoms in total. The van der Waals surface area contributed by atoms with Crippen LogP contribution in [0.15, 0.2) is 42.7 Å². The number of nitrogens with one attached hydrogen (secondary N) is 1. The fourth-order valence-corrected chi connectivity index (χ4v) is 1.71. The van der Waals surface area contributed by atoms with Crippen LogP contribution in [0.25, 0.3) is 0 Å². The number of anilines is 1. The molecule has 20 heavy (non-hydrogen) atoms. The predicted molar refractivity (Wildman–Crippen MR) is 75.9 cm³/mol. The van der Waals surface area contributed by atoms with Gasteiger partial charge in [-0.2, -0.15) is 0 Å². The highest BCUT2D eigenvalue weighted by molar-refractivity contribution is 5.89. The Balaban J connectivity index is 2.01. The molecule has 5 heteroatoms. The first-order valence-corrected chi connectivity index (χ1v) is 6.13. The van der Waals surface area contributed by atoms with Crippen LogP contribution in [-0.4, -0.2) is 25.2 Å². The summed E-state index contributed by atoms with van der Waals surface area (Å²) >= 11 is 0. The zero-order chi connectivity index (χ0) is 14.4. The largest absolute Gasteiger partial charge is 0.497 e. The average Bonchev–Trinajstić information content (AvgIpc) is 2.53. The van der Waals surface area contributed by atoms with E-state index in [-0.39, 0.29) is 0 Å². The molecule has 0 spiro atoms. The van der Waals surface area contributed by atoms with E-state index in [4.69, 9.17) is 4.74 Å². The van der Waals surface area contributed by atoms with E-state index >= 15 is 0 Å². The molecule has 0 saturated carbocycles. The number of aromatic nitrogens is 1. The van der Waals surface area contributed by atoms with Gasteiger partial charge in [0.05, 0.1) is 25.5 Å². The number of rotatable bonds is 5. The Kier molecular flexibility index (Phi) is 4.55. The van der Waals surface area contributed by atoms with Gasteiger partial charge in [0.15, 0.2) is 0 Å². The molecule has 1 aromatic carbocycles. The van der Waals surface area contributed by atoms with Gasteiger partial charge in [0.1, 0.15) is 5.75 Å². The summed E-state index contributed by atoms with van der Waals surface area (Å²) < 4.78 is 9.76. The van der Waals surface area contributed by atoms with Crippen molar-refractivity contribution in [2.45, 2.75) is 6.54 Å². The van der Waals surface area contributed by atoms with Crippen LogP contribution >= 0.6 is 0 Å². The number of nitrogens with zero attached hydrogens (tertiary/aromatic N) is 1. The third-order valence-corrected chi connectivity index (χ3v) is 2.82. The van der Waals surface area contributed by atoms with E-state index in [1.165, 1.54) is 13.3 Å². The standard InChI is InChI=1S/C15H16N2O3/c1-19-14-5-3-11(4-6-14)8-17-13-7-12(9-16-10-13)15(18)20-2/h3-7,9-10,17H,8H2,1-2H3. The van der Waals surface area contributed by atoms with Gasteiger partial charge in [-0.1, -0.05) is 12.1 Å². The summed E-state index contributed by atoms with van der Waals surface area (Å²) in [6.07, 6.45) is 3.14. The molecule has 0 atom stereocenters. The van der Waals surface area contributed by atoms with E-state index in [1.54, 1.807) is 19.4 Å². The van der Waals surface area contributed by atoms with Gasteiger partial charge in [0, 0.05) is 18.9 Å². The minimum absolute atomic E-state index is 0.398. The zero-order valence-electron chi connectivity index (χ0n) is 11.4. The van der Waals surface area contributed by atoms with Crippen LogP contribution in [0.4, 0.5) is 5.69 Å². The topological polar surface area (TPSA) is 60.5 Å². The van der Waals surface area contributed by atoms with Crippen LogP contribution in [0.1, 0.15) is 15.9 Å². The van der Waals surface area contributed by atoms with Gasteiger partial charge in [-0.3, -0.25) is 4.98 Å². The molecule has 0 bridgehead atoms. The van der Waals surface area contributed by atoms with Gasteiger partial charge in [0.25, 0.3) is 0 Å². The maximum atomic E-state index is 11.4. The number of hydrogen-bond acceptors (Lipinski definition) is 5. The summed E-state index contributed by atoms with van der Waals surface area (Å²) in [6, 6.07) is 9.47. The molecule has 0 radical (unpaired) electrons. The highest BCUT2D eigenvalue weighted by atomic mass is 16.5. The molecule has 0 unspecified atom stereocenters. The molecule has 0 fully saturated rings. The molecule has 1 aromatic heterocycles. The van der Waals surface area contributed by atoms with Crippen molar-refractivity contribution in [2.24, 2.45) is 0 Å². The van der Waals surface area contributed by atoms with Gasteiger partial charge in [0.2, 0.25) is 0 Å². The second-order valence-corrected chi connectivity index (χ2v) is 4.16. The monoisotopic (exact) mass is 272 g/mol. The van der Waals surface area contributed by atoms with Crippen LogP contribution in [0.3, 0.4) is 0 Å². The summed E-state index contributed by atoms with van der Waals surface area (Å²) in [5, 5.41) is 3.21. The SMILES string of the molecule is COC(=O)c1cncc(NCc2ccc(OC)cc2)c1. The highest BCUT2D eigenvalue weighted by Gasteiger charge is 2.06. The van der Waals surface area contributed by atoms with Crippen LogP contribution in [0.2, 0.25) is 0 Å². The first-order chi connectivity index (χ1) is 9.72. The molecule has 0 aliphatic rings. The summed E-state index contributed by atoms with van der Waals surface area (Å²) in [4.78, 5) is 15.4. The first kappa shape index (κ1) is 13.9. The molecule has 1 N–H and O–H groups in total. The lowest BCUT2D eigenvalue weighted by Crippen LogP contribution is -2.04. The van der Waals surface area contributed by atoms with Crippen LogP contribution < -0.4 is 10.1 Å². The Hall–Kier alpha value is -2.56. The summed E-state index contributed by atoms with van der Waals surface area (Å²) in [5.41, 5.74) is 2.30. The number of pyridine rings is 1. The second-order valence-electron chi connectivity index (χ2n) is 4.16. The quantitative estimate of drug-likeness (QED) is 0.847. The molecule has 0 aliphatic carbocycles. The van der Waals surface area contributed by atoms with Crippen molar-refractivity contribution in [1.29, 1.82) is 0 Å². The highest BCUT2D eigenvalue weighted by Crippen LogP contribution is 2.14.